The molecule has 0 saturated carbocycles. The van der Waals surface area contributed by atoms with Crippen molar-refractivity contribution in [3.63, 3.8) is 0 Å². The second-order valence-corrected chi connectivity index (χ2v) is 9.50. The number of amides is 2. The first-order chi connectivity index (χ1) is 15.9. The number of hydrogen-bond donors (Lipinski definition) is 1. The molecule has 8 heteroatoms. The van der Waals surface area contributed by atoms with Crippen molar-refractivity contribution in [3.8, 4) is 0 Å². The Morgan fingerprint density at radius 1 is 1.12 bits per heavy atom. The van der Waals surface area contributed by atoms with Crippen LogP contribution >= 0.6 is 0 Å². The zero-order valence-corrected chi connectivity index (χ0v) is 19.2. The van der Waals surface area contributed by atoms with E-state index in [9.17, 15) is 14.7 Å². The predicted octanol–water partition coefficient (Wildman–Crippen LogP) is 1.83. The molecule has 2 amide bonds. The standard InChI is InChI=1S/C25H31N3O5/c1-17(2)28-23(30)21-6-4-3-5-20(21)22(24(31)27-9-11-32-12-10-27)25(28)15-26(16-25)13-18-7-8-19(14-29)33-18/h3-8,17,22,29H,9-16H2,1-2H3. The van der Waals surface area contributed by atoms with Gasteiger partial charge in [0.05, 0.1) is 31.2 Å². The number of morpholine rings is 1. The molecule has 0 aliphatic carbocycles. The molecular weight excluding hydrogens is 422 g/mol. The maximum Gasteiger partial charge on any atom is 0.254 e. The molecule has 8 nitrogen and oxygen atoms in total. The highest BCUT2D eigenvalue weighted by Gasteiger charge is 2.61. The van der Waals surface area contributed by atoms with Crippen LogP contribution in [-0.2, 0) is 22.7 Å². The van der Waals surface area contributed by atoms with Crippen molar-refractivity contribution in [2.24, 2.45) is 0 Å². The summed E-state index contributed by atoms with van der Waals surface area (Å²) in [7, 11) is 0. The summed E-state index contributed by atoms with van der Waals surface area (Å²) in [5, 5.41) is 9.29. The van der Waals surface area contributed by atoms with E-state index in [0.29, 0.717) is 57.3 Å². The average Bonchev–Trinajstić information content (AvgIpc) is 3.26. The summed E-state index contributed by atoms with van der Waals surface area (Å²) in [5.74, 6) is 0.943. The van der Waals surface area contributed by atoms with Crippen molar-refractivity contribution in [1.82, 2.24) is 14.7 Å². The molecule has 33 heavy (non-hydrogen) atoms. The van der Waals surface area contributed by atoms with Gasteiger partial charge in [0.15, 0.2) is 0 Å². The lowest BCUT2D eigenvalue weighted by Gasteiger charge is -2.62. The fourth-order valence-electron chi connectivity index (χ4n) is 5.77. The second-order valence-electron chi connectivity index (χ2n) is 9.50. The zero-order chi connectivity index (χ0) is 23.2. The summed E-state index contributed by atoms with van der Waals surface area (Å²) in [6.45, 7) is 7.87. The lowest BCUT2D eigenvalue weighted by Crippen LogP contribution is -2.77. The molecule has 1 spiro atoms. The van der Waals surface area contributed by atoms with Gasteiger partial charge in [0, 0.05) is 37.8 Å². The van der Waals surface area contributed by atoms with Crippen LogP contribution in [0.3, 0.4) is 0 Å². The van der Waals surface area contributed by atoms with Crippen molar-refractivity contribution < 1.29 is 23.8 Å². The van der Waals surface area contributed by atoms with Gasteiger partial charge in [0.1, 0.15) is 18.1 Å². The number of carbonyl (C=O) groups is 2. The first-order valence-electron chi connectivity index (χ1n) is 11.6. The number of rotatable bonds is 5. The third-order valence-electron chi connectivity index (χ3n) is 7.07. The van der Waals surface area contributed by atoms with E-state index >= 15 is 0 Å². The lowest BCUT2D eigenvalue weighted by atomic mass is 9.67. The van der Waals surface area contributed by atoms with Crippen LogP contribution in [0.5, 0.6) is 0 Å². The molecule has 1 unspecified atom stereocenters. The highest BCUT2D eigenvalue weighted by atomic mass is 16.5. The van der Waals surface area contributed by atoms with Crippen LogP contribution in [0.25, 0.3) is 0 Å². The first kappa shape index (κ1) is 22.1. The molecule has 5 rings (SSSR count). The van der Waals surface area contributed by atoms with Crippen LogP contribution in [0.4, 0.5) is 0 Å². The topological polar surface area (TPSA) is 86.5 Å². The van der Waals surface area contributed by atoms with Gasteiger partial charge in [-0.3, -0.25) is 14.5 Å². The Balaban J connectivity index is 1.51. The van der Waals surface area contributed by atoms with Crippen LogP contribution in [0.15, 0.2) is 40.8 Å². The number of hydrogen-bond acceptors (Lipinski definition) is 6. The van der Waals surface area contributed by atoms with Gasteiger partial charge < -0.3 is 24.1 Å². The molecule has 1 aromatic carbocycles. The highest BCUT2D eigenvalue weighted by molar-refractivity contribution is 6.02. The summed E-state index contributed by atoms with van der Waals surface area (Å²) >= 11 is 0. The molecule has 3 aliphatic heterocycles. The molecule has 2 aromatic rings. The minimum absolute atomic E-state index is 0.00755. The van der Waals surface area contributed by atoms with Crippen LogP contribution < -0.4 is 0 Å². The monoisotopic (exact) mass is 453 g/mol. The van der Waals surface area contributed by atoms with Gasteiger partial charge in [-0.05, 0) is 37.6 Å². The Hall–Kier alpha value is -2.68. The number of furan rings is 1. The molecule has 1 aromatic heterocycles. The van der Waals surface area contributed by atoms with Crippen LogP contribution in [0.2, 0.25) is 0 Å². The predicted molar refractivity (Wildman–Crippen MR) is 121 cm³/mol. The Bertz CT molecular complexity index is 1040. The molecule has 0 radical (unpaired) electrons. The number of aliphatic hydroxyl groups excluding tert-OH is 1. The smallest absolute Gasteiger partial charge is 0.254 e. The van der Waals surface area contributed by atoms with Crippen LogP contribution in [-0.4, -0.2) is 82.6 Å². The first-order valence-corrected chi connectivity index (χ1v) is 11.6. The van der Waals surface area contributed by atoms with E-state index in [1.807, 2.05) is 54.0 Å². The Kier molecular flexibility index (Phi) is 5.76. The summed E-state index contributed by atoms with van der Waals surface area (Å²) in [5.41, 5.74) is 0.845. The van der Waals surface area contributed by atoms with Crippen molar-refractivity contribution >= 4 is 11.8 Å². The fourth-order valence-corrected chi connectivity index (χ4v) is 5.77. The number of nitrogens with zero attached hydrogens (tertiary/aromatic N) is 3. The molecular formula is C25H31N3O5. The van der Waals surface area contributed by atoms with E-state index in [-0.39, 0.29) is 24.5 Å². The summed E-state index contributed by atoms with van der Waals surface area (Å²) in [6, 6.07) is 11.2. The number of fused-ring (bicyclic) bond motifs is 1. The van der Waals surface area contributed by atoms with Crippen molar-refractivity contribution in [2.75, 3.05) is 39.4 Å². The molecule has 176 valence electrons. The molecule has 2 fully saturated rings. The molecule has 1 N–H and O–H groups in total. The van der Waals surface area contributed by atoms with E-state index < -0.39 is 11.5 Å². The average molecular weight is 454 g/mol. The van der Waals surface area contributed by atoms with Gasteiger partial charge in [-0.1, -0.05) is 18.2 Å². The summed E-state index contributed by atoms with van der Waals surface area (Å²) in [4.78, 5) is 33.6. The fraction of sp³-hybridized carbons (Fsp3) is 0.520. The Morgan fingerprint density at radius 2 is 1.82 bits per heavy atom. The molecule has 4 heterocycles. The summed E-state index contributed by atoms with van der Waals surface area (Å²) in [6.07, 6.45) is 0. The number of carbonyl (C=O) groups excluding carboxylic acids is 2. The van der Waals surface area contributed by atoms with Gasteiger partial charge in [0.2, 0.25) is 5.91 Å². The van der Waals surface area contributed by atoms with E-state index in [1.165, 1.54) is 0 Å². The number of benzene rings is 1. The number of aliphatic hydroxyl groups is 1. The van der Waals surface area contributed by atoms with Gasteiger partial charge in [-0.15, -0.1) is 0 Å². The number of likely N-dealkylation sites (tertiary alicyclic amines) is 1. The van der Waals surface area contributed by atoms with Crippen LogP contribution in [0.1, 0.15) is 47.2 Å². The minimum Gasteiger partial charge on any atom is -0.462 e. The normalized spacial score (nSPS) is 22.5. The van der Waals surface area contributed by atoms with Gasteiger partial charge >= 0.3 is 0 Å². The van der Waals surface area contributed by atoms with Gasteiger partial charge in [0.25, 0.3) is 5.91 Å². The molecule has 2 saturated heterocycles. The summed E-state index contributed by atoms with van der Waals surface area (Å²) < 4.78 is 11.1. The molecule has 1 atom stereocenters. The van der Waals surface area contributed by atoms with E-state index in [4.69, 9.17) is 9.15 Å². The highest BCUT2D eigenvalue weighted by Crippen LogP contribution is 2.48. The minimum atomic E-state index is -0.610. The van der Waals surface area contributed by atoms with E-state index in [0.717, 1.165) is 11.3 Å². The quantitative estimate of drug-likeness (QED) is 0.744. The van der Waals surface area contributed by atoms with E-state index in [1.54, 1.807) is 6.07 Å². The lowest BCUT2D eigenvalue weighted by molar-refractivity contribution is -0.148. The Labute approximate surface area is 193 Å². The third kappa shape index (κ3) is 3.66. The second kappa shape index (κ2) is 8.59. The maximum absolute atomic E-state index is 14.0. The van der Waals surface area contributed by atoms with Crippen molar-refractivity contribution in [2.45, 2.75) is 44.5 Å². The van der Waals surface area contributed by atoms with Gasteiger partial charge in [-0.2, -0.15) is 0 Å². The molecule has 0 bridgehead atoms. The zero-order valence-electron chi connectivity index (χ0n) is 19.2. The van der Waals surface area contributed by atoms with E-state index in [2.05, 4.69) is 4.90 Å². The molecule has 3 aliphatic rings. The third-order valence-corrected chi connectivity index (χ3v) is 7.07. The van der Waals surface area contributed by atoms with Crippen molar-refractivity contribution in [3.05, 3.63) is 59.0 Å². The number of ether oxygens (including phenoxy) is 1. The van der Waals surface area contributed by atoms with Crippen LogP contribution in [0, 0.1) is 0 Å². The maximum atomic E-state index is 14.0. The van der Waals surface area contributed by atoms with Gasteiger partial charge in [-0.25, -0.2) is 0 Å². The Morgan fingerprint density at radius 3 is 2.48 bits per heavy atom. The largest absolute Gasteiger partial charge is 0.462 e. The SMILES string of the molecule is CC(C)N1C(=O)c2ccccc2C(C(=O)N2CCOCC2)C12CN(Cc1ccc(CO)o1)C2. The van der Waals surface area contributed by atoms with Crippen molar-refractivity contribution in [1.29, 1.82) is 0 Å².